The average Bonchev–Trinajstić information content (AvgIpc) is 4.03. The van der Waals surface area contributed by atoms with E-state index >= 15 is 0 Å². The summed E-state index contributed by atoms with van der Waals surface area (Å²) in [6.45, 7) is 0. The molecule has 312 valence electrons. The number of hydrogen-bond acceptors (Lipinski definition) is 0. The van der Waals surface area contributed by atoms with Crippen LogP contribution in [0, 0.1) is 0 Å². The molecule has 0 aliphatic rings. The lowest BCUT2D eigenvalue weighted by Gasteiger charge is -2.12. The minimum absolute atomic E-state index is 1.13. The molecule has 14 rings (SSSR count). The van der Waals surface area contributed by atoms with Crippen LogP contribution in [0.1, 0.15) is 0 Å². The molecular formula is C64H41N3. The highest BCUT2D eigenvalue weighted by Crippen LogP contribution is 2.43. The molecule has 0 unspecified atom stereocenters. The van der Waals surface area contributed by atoms with Crippen molar-refractivity contribution in [2.45, 2.75) is 0 Å². The van der Waals surface area contributed by atoms with Crippen LogP contribution in [0.2, 0.25) is 0 Å². The molecule has 14 aromatic rings. The summed E-state index contributed by atoms with van der Waals surface area (Å²) in [7, 11) is 0. The number of benzene rings is 11. The zero-order valence-electron chi connectivity index (χ0n) is 36.5. The van der Waals surface area contributed by atoms with Crippen LogP contribution in [0.25, 0.3) is 127 Å². The first-order valence-corrected chi connectivity index (χ1v) is 23.1. The second-order valence-electron chi connectivity index (χ2n) is 17.7. The molecule has 0 spiro atoms. The van der Waals surface area contributed by atoms with Crippen molar-refractivity contribution >= 4 is 76.2 Å². The predicted molar refractivity (Wildman–Crippen MR) is 283 cm³/mol. The average molecular weight is 852 g/mol. The Balaban J connectivity index is 0.987. The van der Waals surface area contributed by atoms with E-state index in [2.05, 4.69) is 262 Å². The Bertz CT molecular complexity index is 4220. The maximum absolute atomic E-state index is 2.46. The Kier molecular flexibility index (Phi) is 8.28. The SMILES string of the molecule is c1ccc(-c2ccc(-n3c4ccccc4c4cc5c6cc(-c7ccc8c(c7)c7ccccc7n8-c7cccc8ccccc78)ccc6n(-c6ccc(-c7ccccc7)cc6)c5cc43)cc2)cc1. The summed E-state index contributed by atoms with van der Waals surface area (Å²) in [5, 5.41) is 9.90. The zero-order chi connectivity index (χ0) is 44.0. The summed E-state index contributed by atoms with van der Waals surface area (Å²) in [6, 6.07) is 91.3. The third kappa shape index (κ3) is 5.85. The summed E-state index contributed by atoms with van der Waals surface area (Å²) in [4.78, 5) is 0. The van der Waals surface area contributed by atoms with Crippen LogP contribution in [-0.2, 0) is 0 Å². The van der Waals surface area contributed by atoms with Gasteiger partial charge in [-0.05, 0) is 118 Å². The van der Waals surface area contributed by atoms with Gasteiger partial charge in [0.1, 0.15) is 0 Å². The van der Waals surface area contributed by atoms with Crippen molar-refractivity contribution < 1.29 is 0 Å². The molecule has 3 aromatic heterocycles. The molecule has 0 N–H and O–H groups in total. The van der Waals surface area contributed by atoms with Crippen LogP contribution >= 0.6 is 0 Å². The molecule has 0 atom stereocenters. The fourth-order valence-electron chi connectivity index (χ4n) is 10.9. The van der Waals surface area contributed by atoms with Crippen molar-refractivity contribution in [1.29, 1.82) is 0 Å². The van der Waals surface area contributed by atoms with E-state index in [1.807, 2.05) is 0 Å². The van der Waals surface area contributed by atoms with E-state index in [4.69, 9.17) is 0 Å². The van der Waals surface area contributed by atoms with Crippen LogP contribution in [0.5, 0.6) is 0 Å². The number of para-hydroxylation sites is 2. The summed E-state index contributed by atoms with van der Waals surface area (Å²) < 4.78 is 7.34. The minimum Gasteiger partial charge on any atom is -0.309 e. The van der Waals surface area contributed by atoms with Crippen molar-refractivity contribution in [2.75, 3.05) is 0 Å². The first-order chi connectivity index (χ1) is 33.2. The van der Waals surface area contributed by atoms with Crippen LogP contribution in [0.4, 0.5) is 0 Å². The molecule has 0 saturated heterocycles. The molecule has 3 heterocycles. The molecule has 0 bridgehead atoms. The van der Waals surface area contributed by atoms with Crippen LogP contribution in [-0.4, -0.2) is 13.7 Å². The second-order valence-corrected chi connectivity index (χ2v) is 17.7. The Morgan fingerprint density at radius 1 is 0.194 bits per heavy atom. The number of hydrogen-bond donors (Lipinski definition) is 0. The normalized spacial score (nSPS) is 11.9. The van der Waals surface area contributed by atoms with Crippen LogP contribution in [0.3, 0.4) is 0 Å². The standard InChI is InChI=1S/C64H41N3/c1-3-14-42(15-4-1)44-26-32-49(33-27-44)65-59-23-11-9-22-53(59)56-40-57-55-39-48(30-36-61(55)66(64(57)41-63(56)65)50-34-28-45(29-35-50)43-16-5-2-6-17-43)47-31-37-62-54(38-47)52-21-10-12-24-60(52)67(62)58-25-13-19-46-18-7-8-20-51(46)58/h1-41H. The second kappa shape index (κ2) is 14.8. The van der Waals surface area contributed by atoms with Crippen molar-refractivity contribution in [1.82, 2.24) is 13.7 Å². The molecule has 0 amide bonds. The van der Waals surface area contributed by atoms with Crippen LogP contribution in [0.15, 0.2) is 249 Å². The van der Waals surface area contributed by atoms with E-state index in [1.54, 1.807) is 0 Å². The molecule has 0 aliphatic heterocycles. The van der Waals surface area contributed by atoms with E-state index < -0.39 is 0 Å². The lowest BCUT2D eigenvalue weighted by molar-refractivity contribution is 1.16. The van der Waals surface area contributed by atoms with Gasteiger partial charge in [-0.15, -0.1) is 0 Å². The highest BCUT2D eigenvalue weighted by Gasteiger charge is 2.21. The van der Waals surface area contributed by atoms with Gasteiger partial charge in [-0.2, -0.15) is 0 Å². The van der Waals surface area contributed by atoms with E-state index in [9.17, 15) is 0 Å². The Morgan fingerprint density at radius 3 is 1.16 bits per heavy atom. The third-order valence-corrected chi connectivity index (χ3v) is 14.0. The van der Waals surface area contributed by atoms with E-state index in [-0.39, 0.29) is 0 Å². The number of fused-ring (bicyclic) bond motifs is 10. The maximum Gasteiger partial charge on any atom is 0.0562 e. The molecule has 3 heteroatoms. The molecule has 11 aromatic carbocycles. The largest absolute Gasteiger partial charge is 0.309 e. The van der Waals surface area contributed by atoms with Gasteiger partial charge in [0.05, 0.1) is 38.8 Å². The Labute approximate surface area is 387 Å². The van der Waals surface area contributed by atoms with E-state index in [0.29, 0.717) is 0 Å². The number of rotatable bonds is 6. The molecule has 67 heavy (non-hydrogen) atoms. The highest BCUT2D eigenvalue weighted by molar-refractivity contribution is 6.20. The van der Waals surface area contributed by atoms with Gasteiger partial charge in [0.25, 0.3) is 0 Å². The monoisotopic (exact) mass is 851 g/mol. The molecular weight excluding hydrogens is 811 g/mol. The van der Waals surface area contributed by atoms with Crippen molar-refractivity contribution in [3.05, 3.63) is 249 Å². The van der Waals surface area contributed by atoms with Gasteiger partial charge in [0.15, 0.2) is 0 Å². The summed E-state index contributed by atoms with van der Waals surface area (Å²) in [5.41, 5.74) is 17.8. The van der Waals surface area contributed by atoms with E-state index in [0.717, 1.165) is 11.4 Å². The fraction of sp³-hybridized carbons (Fsp3) is 0. The molecule has 3 nitrogen and oxygen atoms in total. The summed E-state index contributed by atoms with van der Waals surface area (Å²) in [6.07, 6.45) is 0. The van der Waals surface area contributed by atoms with Gasteiger partial charge in [0.2, 0.25) is 0 Å². The first-order valence-electron chi connectivity index (χ1n) is 23.1. The van der Waals surface area contributed by atoms with Gasteiger partial charge in [-0.1, -0.05) is 170 Å². The lowest BCUT2D eigenvalue weighted by atomic mass is 10.00. The smallest absolute Gasteiger partial charge is 0.0562 e. The highest BCUT2D eigenvalue weighted by atomic mass is 15.0. The molecule has 0 aliphatic carbocycles. The molecule has 0 radical (unpaired) electrons. The maximum atomic E-state index is 2.46. The molecule has 0 saturated carbocycles. The summed E-state index contributed by atoms with van der Waals surface area (Å²) >= 11 is 0. The van der Waals surface area contributed by atoms with Gasteiger partial charge >= 0.3 is 0 Å². The van der Waals surface area contributed by atoms with Gasteiger partial charge in [-0.3, -0.25) is 0 Å². The Morgan fingerprint density at radius 2 is 0.582 bits per heavy atom. The zero-order valence-corrected chi connectivity index (χ0v) is 36.5. The minimum atomic E-state index is 1.13. The topological polar surface area (TPSA) is 14.8 Å². The Hall–Kier alpha value is -8.92. The van der Waals surface area contributed by atoms with Gasteiger partial charge in [-0.25, -0.2) is 0 Å². The molecule has 0 fully saturated rings. The quantitative estimate of drug-likeness (QED) is 0.158. The summed E-state index contributed by atoms with van der Waals surface area (Å²) in [5.74, 6) is 0. The fourth-order valence-corrected chi connectivity index (χ4v) is 10.9. The third-order valence-electron chi connectivity index (χ3n) is 14.0. The number of aromatic nitrogens is 3. The van der Waals surface area contributed by atoms with Crippen molar-refractivity contribution in [2.24, 2.45) is 0 Å². The van der Waals surface area contributed by atoms with Gasteiger partial charge < -0.3 is 13.7 Å². The number of nitrogens with zero attached hydrogens (tertiary/aromatic N) is 3. The van der Waals surface area contributed by atoms with E-state index in [1.165, 1.54) is 115 Å². The van der Waals surface area contributed by atoms with Gasteiger partial charge in [0, 0.05) is 49.1 Å². The van der Waals surface area contributed by atoms with Crippen molar-refractivity contribution in [3.8, 4) is 50.4 Å². The van der Waals surface area contributed by atoms with Crippen molar-refractivity contribution in [3.63, 3.8) is 0 Å². The van der Waals surface area contributed by atoms with Crippen LogP contribution < -0.4 is 0 Å². The first kappa shape index (κ1) is 37.5. The predicted octanol–water partition coefficient (Wildman–Crippen LogP) is 17.1. The lowest BCUT2D eigenvalue weighted by Crippen LogP contribution is -1.96.